The Bertz CT molecular complexity index is 655. The molecule has 7 heteroatoms. The fraction of sp³-hybridized carbons (Fsp3) is 0.385. The molecule has 0 aliphatic carbocycles. The number of rotatable bonds is 4. The van der Waals surface area contributed by atoms with Crippen molar-refractivity contribution >= 4 is 10.0 Å². The lowest BCUT2D eigenvalue weighted by Gasteiger charge is -2.22. The third-order valence-electron chi connectivity index (χ3n) is 3.50. The van der Waals surface area contributed by atoms with Crippen LogP contribution in [-0.4, -0.2) is 34.4 Å². The Morgan fingerprint density at radius 2 is 2.10 bits per heavy atom. The Morgan fingerprint density at radius 3 is 2.80 bits per heavy atom. The van der Waals surface area contributed by atoms with Crippen LogP contribution in [-0.2, 0) is 15.8 Å². The highest BCUT2D eigenvalue weighted by Gasteiger charge is 2.36. The molecule has 20 heavy (non-hydrogen) atoms. The molecule has 0 amide bonds. The highest BCUT2D eigenvalue weighted by atomic mass is 32.2. The van der Waals surface area contributed by atoms with Crippen LogP contribution < -0.4 is 0 Å². The molecule has 3 rings (SSSR count). The van der Waals surface area contributed by atoms with Crippen LogP contribution in [0.1, 0.15) is 30.3 Å². The van der Waals surface area contributed by atoms with E-state index in [9.17, 15) is 8.42 Å². The number of hydrogen-bond acceptors (Lipinski definition) is 4. The molecule has 1 saturated heterocycles. The summed E-state index contributed by atoms with van der Waals surface area (Å²) in [5.41, 5.74) is 0.802. The molecule has 1 aromatic heterocycles. The number of nitrogens with one attached hydrogen (secondary N) is 1. The molecule has 2 heterocycles. The van der Waals surface area contributed by atoms with Gasteiger partial charge in [-0.1, -0.05) is 30.3 Å². The molecule has 0 bridgehead atoms. The molecule has 1 N–H and O–H groups in total. The molecule has 1 aromatic carbocycles. The number of H-pyrrole nitrogens is 1. The van der Waals surface area contributed by atoms with Gasteiger partial charge in [0.05, 0.1) is 11.8 Å². The Labute approximate surface area is 117 Å². The molecule has 0 spiro atoms. The minimum Gasteiger partial charge on any atom is -0.262 e. The second-order valence-corrected chi connectivity index (χ2v) is 6.80. The van der Waals surface area contributed by atoms with Crippen molar-refractivity contribution in [2.45, 2.75) is 24.6 Å². The highest BCUT2D eigenvalue weighted by Crippen LogP contribution is 2.33. The van der Waals surface area contributed by atoms with Crippen LogP contribution in [0, 0.1) is 0 Å². The largest absolute Gasteiger partial charge is 0.262 e. The van der Waals surface area contributed by atoms with Gasteiger partial charge in [0.25, 0.3) is 0 Å². The minimum atomic E-state index is -3.34. The molecule has 6 nitrogen and oxygen atoms in total. The maximum absolute atomic E-state index is 12.6. The van der Waals surface area contributed by atoms with Gasteiger partial charge in [-0.15, -0.1) is 0 Å². The van der Waals surface area contributed by atoms with E-state index in [0.29, 0.717) is 12.4 Å². The first kappa shape index (κ1) is 13.3. The highest BCUT2D eigenvalue weighted by molar-refractivity contribution is 7.88. The van der Waals surface area contributed by atoms with Crippen LogP contribution >= 0.6 is 0 Å². The average Bonchev–Trinajstić information content (AvgIpc) is 3.10. The van der Waals surface area contributed by atoms with Crippen LogP contribution in [0.15, 0.2) is 36.7 Å². The van der Waals surface area contributed by atoms with Crippen molar-refractivity contribution in [1.82, 2.24) is 19.5 Å². The summed E-state index contributed by atoms with van der Waals surface area (Å²) in [6.07, 6.45) is 3.04. The Kier molecular flexibility index (Phi) is 3.54. The minimum absolute atomic E-state index is 0.0263. The van der Waals surface area contributed by atoms with Crippen molar-refractivity contribution in [2.24, 2.45) is 0 Å². The first-order chi connectivity index (χ1) is 9.67. The van der Waals surface area contributed by atoms with E-state index < -0.39 is 10.0 Å². The van der Waals surface area contributed by atoms with Gasteiger partial charge in [0, 0.05) is 6.54 Å². The van der Waals surface area contributed by atoms with Gasteiger partial charge in [-0.2, -0.15) is 9.40 Å². The number of hydrogen-bond donors (Lipinski definition) is 1. The number of benzene rings is 1. The van der Waals surface area contributed by atoms with Gasteiger partial charge in [0.1, 0.15) is 12.2 Å². The maximum Gasteiger partial charge on any atom is 0.218 e. The Hall–Kier alpha value is -1.73. The third-order valence-corrected chi connectivity index (χ3v) is 5.35. The second-order valence-electron chi connectivity index (χ2n) is 4.88. The van der Waals surface area contributed by atoms with E-state index in [1.807, 2.05) is 30.3 Å². The fourth-order valence-electron chi connectivity index (χ4n) is 2.59. The molecule has 106 valence electrons. The van der Waals surface area contributed by atoms with Crippen LogP contribution in [0.3, 0.4) is 0 Å². The van der Waals surface area contributed by atoms with E-state index in [2.05, 4.69) is 15.2 Å². The zero-order valence-corrected chi connectivity index (χ0v) is 11.8. The lowest BCUT2D eigenvalue weighted by Crippen LogP contribution is -2.32. The van der Waals surface area contributed by atoms with Crippen LogP contribution in [0.25, 0.3) is 0 Å². The van der Waals surface area contributed by atoms with Gasteiger partial charge in [-0.3, -0.25) is 5.10 Å². The van der Waals surface area contributed by atoms with Gasteiger partial charge < -0.3 is 0 Å². The van der Waals surface area contributed by atoms with Crippen LogP contribution in [0.5, 0.6) is 0 Å². The maximum atomic E-state index is 12.6. The quantitative estimate of drug-likeness (QED) is 0.925. The molecule has 0 radical (unpaired) electrons. The smallest absolute Gasteiger partial charge is 0.218 e. The second kappa shape index (κ2) is 5.34. The molecule has 1 unspecified atom stereocenters. The summed E-state index contributed by atoms with van der Waals surface area (Å²) in [4.78, 5) is 4.10. The summed E-state index contributed by atoms with van der Waals surface area (Å²) in [6, 6.07) is 9.02. The topological polar surface area (TPSA) is 79.0 Å². The summed E-state index contributed by atoms with van der Waals surface area (Å²) < 4.78 is 26.7. The molecular weight excluding hydrogens is 276 g/mol. The van der Waals surface area contributed by atoms with E-state index in [1.165, 1.54) is 6.33 Å². The van der Waals surface area contributed by atoms with Crippen molar-refractivity contribution in [1.29, 1.82) is 0 Å². The summed E-state index contributed by atoms with van der Waals surface area (Å²) in [7, 11) is -3.34. The van der Waals surface area contributed by atoms with E-state index in [0.717, 1.165) is 18.4 Å². The SMILES string of the molecule is O=S(=O)(Cc1ccccc1)N1CCCC1c1ncn[nH]1. The van der Waals surface area contributed by atoms with Gasteiger partial charge in [-0.25, -0.2) is 13.4 Å². The molecule has 0 saturated carbocycles. The van der Waals surface area contributed by atoms with E-state index in [4.69, 9.17) is 0 Å². The van der Waals surface area contributed by atoms with Gasteiger partial charge >= 0.3 is 0 Å². The zero-order valence-electron chi connectivity index (χ0n) is 10.9. The van der Waals surface area contributed by atoms with Crippen LogP contribution in [0.2, 0.25) is 0 Å². The first-order valence-electron chi connectivity index (χ1n) is 6.55. The monoisotopic (exact) mass is 292 g/mol. The normalized spacial score (nSPS) is 20.3. The third kappa shape index (κ3) is 2.59. The van der Waals surface area contributed by atoms with Crippen LogP contribution in [0.4, 0.5) is 0 Å². The number of aromatic amines is 1. The lowest BCUT2D eigenvalue weighted by molar-refractivity contribution is 0.383. The van der Waals surface area contributed by atoms with Crippen molar-refractivity contribution in [2.75, 3.05) is 6.54 Å². The summed E-state index contributed by atoms with van der Waals surface area (Å²) in [6.45, 7) is 0.542. The number of sulfonamides is 1. The molecule has 2 aromatic rings. The number of aromatic nitrogens is 3. The van der Waals surface area contributed by atoms with Crippen molar-refractivity contribution in [3.8, 4) is 0 Å². The first-order valence-corrected chi connectivity index (χ1v) is 8.16. The van der Waals surface area contributed by atoms with Gasteiger partial charge in [0.15, 0.2) is 0 Å². The summed E-state index contributed by atoms with van der Waals surface area (Å²) in [5, 5.41) is 6.59. The zero-order chi connectivity index (χ0) is 14.0. The Morgan fingerprint density at radius 1 is 1.30 bits per heavy atom. The van der Waals surface area contributed by atoms with Gasteiger partial charge in [0.2, 0.25) is 10.0 Å². The standard InChI is InChI=1S/C13H16N4O2S/c18-20(19,9-11-5-2-1-3-6-11)17-8-4-7-12(17)13-14-10-15-16-13/h1-3,5-6,10,12H,4,7-9H2,(H,14,15,16). The van der Waals surface area contributed by atoms with E-state index in [-0.39, 0.29) is 11.8 Å². The van der Waals surface area contributed by atoms with Crippen molar-refractivity contribution in [3.05, 3.63) is 48.0 Å². The lowest BCUT2D eigenvalue weighted by atomic mass is 10.2. The summed E-state index contributed by atoms with van der Waals surface area (Å²) >= 11 is 0. The molecule has 1 fully saturated rings. The average molecular weight is 292 g/mol. The predicted octanol–water partition coefficient (Wildman–Crippen LogP) is 1.47. The van der Waals surface area contributed by atoms with Gasteiger partial charge in [-0.05, 0) is 18.4 Å². The fourth-order valence-corrected chi connectivity index (χ4v) is 4.37. The summed E-state index contributed by atoms with van der Waals surface area (Å²) in [5.74, 6) is 0.650. The van der Waals surface area contributed by atoms with Crippen molar-refractivity contribution < 1.29 is 8.42 Å². The number of nitrogens with zero attached hydrogens (tertiary/aromatic N) is 3. The van der Waals surface area contributed by atoms with Crippen molar-refractivity contribution in [3.63, 3.8) is 0 Å². The predicted molar refractivity (Wildman–Crippen MR) is 74.1 cm³/mol. The Balaban J connectivity index is 1.83. The molecule has 1 atom stereocenters. The van der Waals surface area contributed by atoms with E-state index in [1.54, 1.807) is 4.31 Å². The molecular formula is C13H16N4O2S. The molecule has 1 aliphatic rings. The molecule has 1 aliphatic heterocycles. The van der Waals surface area contributed by atoms with E-state index >= 15 is 0 Å².